The van der Waals surface area contributed by atoms with Crippen LogP contribution in [-0.2, 0) is 23.9 Å². The van der Waals surface area contributed by atoms with Crippen LogP contribution in [0.25, 0.3) is 0 Å². The summed E-state index contributed by atoms with van der Waals surface area (Å²) < 4.78 is 5.12. The Bertz CT molecular complexity index is 1200. The number of hydrogen-bond donors (Lipinski definition) is 10. The van der Waals surface area contributed by atoms with Gasteiger partial charge in [0.2, 0.25) is 23.6 Å². The highest BCUT2D eigenvalue weighted by molar-refractivity contribution is 5.75. The number of amides is 5. The quantitative estimate of drug-likeness (QED) is 0.0241. The highest BCUT2D eigenvalue weighted by atomic mass is 16.6. The summed E-state index contributed by atoms with van der Waals surface area (Å²) >= 11 is 0. The Morgan fingerprint density at radius 3 is 1.25 bits per heavy atom. The fraction of sp³-hybridized carbons (Fsp3) is 0.833. The monoisotopic (exact) mass is 930 g/mol. The Balaban J connectivity index is -0.000000241. The van der Waals surface area contributed by atoms with Crippen molar-refractivity contribution in [2.45, 2.75) is 180 Å². The van der Waals surface area contributed by atoms with Gasteiger partial charge in [0, 0.05) is 67.0 Å². The van der Waals surface area contributed by atoms with Gasteiger partial charge in [-0.05, 0) is 115 Å². The molecular weight excluding hydrogens is 827 g/mol. The van der Waals surface area contributed by atoms with Gasteiger partial charge in [-0.1, -0.05) is 80.7 Å². The summed E-state index contributed by atoms with van der Waals surface area (Å²) in [4.78, 5) is 57.7. The summed E-state index contributed by atoms with van der Waals surface area (Å²) in [7, 11) is 0. The van der Waals surface area contributed by atoms with Crippen molar-refractivity contribution in [1.82, 2.24) is 31.9 Å². The van der Waals surface area contributed by atoms with Gasteiger partial charge in [0.05, 0.1) is 0 Å². The number of aliphatic imine (C=N–C) groups is 1. The van der Waals surface area contributed by atoms with Crippen LogP contribution in [0, 0.1) is 29.6 Å². The zero-order chi connectivity index (χ0) is 51.2. The second-order valence-corrected chi connectivity index (χ2v) is 18.3. The molecule has 0 aromatic heterocycles. The van der Waals surface area contributed by atoms with Crippen molar-refractivity contribution in [3.05, 3.63) is 12.4 Å². The third-order valence-corrected chi connectivity index (χ3v) is 9.22. The van der Waals surface area contributed by atoms with Crippen molar-refractivity contribution < 1.29 is 28.7 Å². The number of carbonyl (C=O) groups is 5. The second kappa shape index (κ2) is 47.8. The van der Waals surface area contributed by atoms with Crippen LogP contribution in [-0.4, -0.2) is 93.6 Å². The lowest BCUT2D eigenvalue weighted by molar-refractivity contribution is -0.120. The standard InChI is InChI=1S/C15H29N3O3.C9H20N4O.C9H19NO.C8H18N2O.C7H17N/c1-11(10-17-13(3)19)8-7-9-16-12(2)18-14(20)21-15(4,5)6;1-7(6-13-8(2)14)4-3-5-12-9(10)11;1-4-5-6-8(2)7-10-9(3)11;1-7(4-3-5-9)6-10-8(2)11;1-3-4-5-7(2)6-8/h11,16H,2,7-10H2,1,3-6H3,(H,17,19)(H,18,20);7H,3-6H2,1-2H3,(H,13,14)(H4,10,11,12);8H,4-7H2,1-3H3,(H,10,11);7H,3-6,9H2,1-2H3,(H,10,11);7H,3-6,8H2,1-2H3/t11-;7-;8-;2*7-/m11111/s1. The summed E-state index contributed by atoms with van der Waals surface area (Å²) in [5.41, 5.74) is 20.6. The maximum absolute atomic E-state index is 11.5. The maximum atomic E-state index is 11.5. The lowest BCUT2D eigenvalue weighted by Gasteiger charge is -2.20. The third-order valence-electron chi connectivity index (χ3n) is 9.22. The van der Waals surface area contributed by atoms with Gasteiger partial charge in [-0.25, -0.2) is 4.79 Å². The van der Waals surface area contributed by atoms with Gasteiger partial charge in [0.15, 0.2) is 5.96 Å². The van der Waals surface area contributed by atoms with E-state index < -0.39 is 11.7 Å². The predicted octanol–water partition coefficient (Wildman–Crippen LogP) is 6.15. The number of carbonyl (C=O) groups excluding carboxylic acids is 5. The number of nitrogens with two attached hydrogens (primary N) is 4. The molecule has 0 rings (SSSR count). The summed E-state index contributed by atoms with van der Waals surface area (Å²) in [6.07, 6.45) is 13.1. The van der Waals surface area contributed by atoms with E-state index >= 15 is 0 Å². The normalized spacial score (nSPS) is 12.5. The van der Waals surface area contributed by atoms with Crippen molar-refractivity contribution >= 4 is 35.7 Å². The van der Waals surface area contributed by atoms with Crippen LogP contribution in [0.2, 0.25) is 0 Å². The molecule has 0 fully saturated rings. The van der Waals surface area contributed by atoms with Crippen molar-refractivity contribution in [3.8, 4) is 0 Å². The van der Waals surface area contributed by atoms with E-state index in [0.29, 0.717) is 49.1 Å². The number of hydrogen-bond acceptors (Lipinski definition) is 10. The molecule has 0 aliphatic heterocycles. The molecule has 0 unspecified atom stereocenters. The molecule has 65 heavy (non-hydrogen) atoms. The van der Waals surface area contributed by atoms with Crippen LogP contribution in [0.3, 0.4) is 0 Å². The lowest BCUT2D eigenvalue weighted by atomic mass is 10.0. The average molecular weight is 930 g/mol. The van der Waals surface area contributed by atoms with Gasteiger partial charge in [-0.2, -0.15) is 0 Å². The van der Waals surface area contributed by atoms with Gasteiger partial charge in [0.25, 0.3) is 0 Å². The summed E-state index contributed by atoms with van der Waals surface area (Å²) in [6, 6.07) is 0. The largest absolute Gasteiger partial charge is 0.444 e. The molecule has 0 aliphatic carbocycles. The predicted molar refractivity (Wildman–Crippen MR) is 273 cm³/mol. The molecule has 5 atom stereocenters. The molecule has 0 aliphatic rings. The SMILES string of the molecule is C=C(NCCC[C@@H](C)CNC(C)=O)NC(=O)OC(C)(C)C.CC(=O)NC[C@H](C)CCCN.CC(=O)NC[C@H](C)CCCN=C(N)N.CCCC[C@@H](C)CN.CCCC[C@@H](C)CNC(C)=O. The first-order chi connectivity index (χ1) is 30.3. The van der Waals surface area contributed by atoms with Crippen molar-refractivity contribution in [2.75, 3.05) is 52.4 Å². The lowest BCUT2D eigenvalue weighted by Crippen LogP contribution is -2.36. The summed E-state index contributed by atoms with van der Waals surface area (Å²) in [5.74, 6) is 3.49. The fourth-order valence-corrected chi connectivity index (χ4v) is 5.18. The second-order valence-electron chi connectivity index (χ2n) is 18.3. The molecule has 0 saturated carbocycles. The van der Waals surface area contributed by atoms with E-state index in [1.807, 2.05) is 0 Å². The average Bonchev–Trinajstić information content (AvgIpc) is 3.21. The van der Waals surface area contributed by atoms with Gasteiger partial charge >= 0.3 is 6.09 Å². The zero-order valence-electron chi connectivity index (χ0n) is 43.9. The first-order valence-corrected chi connectivity index (χ1v) is 24.1. The molecule has 386 valence electrons. The minimum Gasteiger partial charge on any atom is -0.444 e. The summed E-state index contributed by atoms with van der Waals surface area (Å²) in [6.45, 7) is 36.3. The molecule has 0 bridgehead atoms. The van der Waals surface area contributed by atoms with Crippen LogP contribution in [0.5, 0.6) is 0 Å². The Morgan fingerprint density at radius 2 is 0.923 bits per heavy atom. The number of rotatable bonds is 28. The Kier molecular flexibility index (Phi) is 51.4. The number of nitrogens with zero attached hydrogens (tertiary/aromatic N) is 1. The van der Waals surface area contributed by atoms with E-state index in [9.17, 15) is 24.0 Å². The Labute approximate surface area is 397 Å². The number of alkyl carbamates (subject to hydrolysis) is 1. The van der Waals surface area contributed by atoms with Crippen LogP contribution < -0.4 is 54.8 Å². The minimum absolute atomic E-state index is 0.00471. The van der Waals surface area contributed by atoms with Gasteiger partial charge in [-0.3, -0.25) is 29.5 Å². The van der Waals surface area contributed by atoms with Crippen LogP contribution in [0.15, 0.2) is 17.4 Å². The molecule has 0 heterocycles. The Hall–Kier alpha value is -4.12. The molecule has 0 radical (unpaired) electrons. The summed E-state index contributed by atoms with van der Waals surface area (Å²) in [5, 5.41) is 16.7. The van der Waals surface area contributed by atoms with Crippen molar-refractivity contribution in [2.24, 2.45) is 57.5 Å². The highest BCUT2D eigenvalue weighted by Gasteiger charge is 2.16. The molecule has 0 aromatic rings. The first kappa shape index (κ1) is 69.9. The van der Waals surface area contributed by atoms with E-state index in [-0.39, 0.29) is 29.6 Å². The molecular formula is C48H103N11O6. The van der Waals surface area contributed by atoms with Gasteiger partial charge < -0.3 is 54.3 Å². The van der Waals surface area contributed by atoms with Gasteiger partial charge in [0.1, 0.15) is 11.4 Å². The smallest absolute Gasteiger partial charge is 0.413 e. The molecule has 5 amide bonds. The maximum Gasteiger partial charge on any atom is 0.413 e. The molecule has 0 spiro atoms. The van der Waals surface area contributed by atoms with E-state index in [2.05, 4.69) is 91.9 Å². The molecule has 14 N–H and O–H groups in total. The van der Waals surface area contributed by atoms with E-state index in [4.69, 9.17) is 27.7 Å². The molecule has 0 aromatic carbocycles. The fourth-order valence-electron chi connectivity index (χ4n) is 5.18. The third kappa shape index (κ3) is 71.7. The van der Waals surface area contributed by atoms with Gasteiger partial charge in [-0.15, -0.1) is 0 Å². The first-order valence-electron chi connectivity index (χ1n) is 24.1. The van der Waals surface area contributed by atoms with E-state index in [0.717, 1.165) is 77.2 Å². The number of guanidine groups is 1. The van der Waals surface area contributed by atoms with Crippen molar-refractivity contribution in [3.63, 3.8) is 0 Å². The van der Waals surface area contributed by atoms with Crippen LogP contribution >= 0.6 is 0 Å². The highest BCUT2D eigenvalue weighted by Crippen LogP contribution is 2.08. The van der Waals surface area contributed by atoms with Crippen LogP contribution in [0.1, 0.15) is 174 Å². The van der Waals surface area contributed by atoms with Crippen LogP contribution in [0.4, 0.5) is 4.79 Å². The van der Waals surface area contributed by atoms with E-state index in [1.165, 1.54) is 59.3 Å². The number of unbranched alkanes of at least 4 members (excludes halogenated alkanes) is 2. The minimum atomic E-state index is -0.524. The topological polar surface area (TPSA) is 283 Å². The van der Waals surface area contributed by atoms with E-state index in [1.54, 1.807) is 27.7 Å². The number of ether oxygens (including phenoxy) is 1. The van der Waals surface area contributed by atoms with Crippen molar-refractivity contribution in [1.29, 1.82) is 0 Å². The molecule has 17 heteroatoms. The number of nitrogens with one attached hydrogen (secondary N) is 6. The molecule has 0 saturated heterocycles. The molecule has 17 nitrogen and oxygen atoms in total. The zero-order valence-corrected chi connectivity index (χ0v) is 43.9. The Morgan fingerprint density at radius 1 is 0.569 bits per heavy atom.